The van der Waals surface area contributed by atoms with Crippen molar-refractivity contribution in [2.75, 3.05) is 0 Å². The molecular weight excluding hydrogens is 697 g/mol. The van der Waals surface area contributed by atoms with Crippen molar-refractivity contribution in [2.45, 2.75) is 105 Å². The van der Waals surface area contributed by atoms with E-state index in [-0.39, 0.29) is 21.7 Å². The van der Waals surface area contributed by atoms with E-state index in [1.807, 2.05) is 6.20 Å². The van der Waals surface area contributed by atoms with Crippen LogP contribution in [0.1, 0.15) is 105 Å². The van der Waals surface area contributed by atoms with E-state index in [4.69, 9.17) is 9.72 Å². The van der Waals surface area contributed by atoms with Gasteiger partial charge in [0.2, 0.25) is 11.4 Å². The van der Waals surface area contributed by atoms with Crippen LogP contribution in [0.5, 0.6) is 11.5 Å². The zero-order chi connectivity index (χ0) is 40.5. The van der Waals surface area contributed by atoms with Gasteiger partial charge in [0.05, 0.1) is 11.0 Å². The number of rotatable bonds is 5. The van der Waals surface area contributed by atoms with Gasteiger partial charge in [-0.3, -0.25) is 4.57 Å². The summed E-state index contributed by atoms with van der Waals surface area (Å²) >= 11 is 0. The van der Waals surface area contributed by atoms with E-state index in [1.165, 1.54) is 55.8 Å². The fourth-order valence-electron chi connectivity index (χ4n) is 8.83. The number of hydrogen-bond acceptors (Lipinski definition) is 2. The second-order valence-corrected chi connectivity index (χ2v) is 20.5. The van der Waals surface area contributed by atoms with Gasteiger partial charge in [0.15, 0.2) is 18.0 Å². The summed E-state index contributed by atoms with van der Waals surface area (Å²) in [4.78, 5) is 4.91. The summed E-state index contributed by atoms with van der Waals surface area (Å²) in [7, 11) is 0. The van der Waals surface area contributed by atoms with Gasteiger partial charge in [-0.2, -0.15) is 9.18 Å². The highest BCUT2D eigenvalue weighted by Gasteiger charge is 2.78. The number of para-hydroxylation sites is 1. The predicted octanol–water partition coefficient (Wildman–Crippen LogP) is 14.5. The number of pyridine rings is 1. The van der Waals surface area contributed by atoms with Gasteiger partial charge >= 0.3 is 0 Å². The minimum absolute atomic E-state index is 0.00153. The molecule has 57 heavy (non-hydrogen) atoms. The van der Waals surface area contributed by atoms with Crippen molar-refractivity contribution >= 4 is 44.6 Å². The van der Waals surface area contributed by atoms with Gasteiger partial charge in [-0.1, -0.05) is 119 Å². The van der Waals surface area contributed by atoms with Crippen LogP contribution < -0.4 is 13.9 Å². The normalized spacial score (nSPS) is 19.3. The molecule has 5 aromatic carbocycles. The van der Waals surface area contributed by atoms with Crippen LogP contribution in [-0.2, 0) is 21.7 Å². The van der Waals surface area contributed by atoms with Crippen molar-refractivity contribution in [3.8, 4) is 17.3 Å². The zero-order valence-electron chi connectivity index (χ0n) is 35.8. The Kier molecular flexibility index (Phi) is 7.96. The molecule has 5 nitrogen and oxygen atoms in total. The second-order valence-electron chi connectivity index (χ2n) is 20.5. The molecule has 1 unspecified atom stereocenters. The average Bonchev–Trinajstić information content (AvgIpc) is 3.64. The Balaban J connectivity index is 1.20. The largest absolute Gasteiger partial charge is 0.457 e. The molecule has 5 heteroatoms. The second kappa shape index (κ2) is 12.1. The predicted molar refractivity (Wildman–Crippen MR) is 240 cm³/mol. The maximum absolute atomic E-state index is 7.01. The van der Waals surface area contributed by atoms with E-state index in [0.29, 0.717) is 9.18 Å². The lowest BCUT2D eigenvalue weighted by Crippen LogP contribution is -2.47. The van der Waals surface area contributed by atoms with Crippen molar-refractivity contribution in [1.82, 2.24) is 18.7 Å². The summed E-state index contributed by atoms with van der Waals surface area (Å²) in [6.45, 7) is 29.9. The highest BCUT2D eigenvalue weighted by atomic mass is 16.5. The maximum atomic E-state index is 7.01. The number of fused-ring (bicyclic) bond motifs is 7. The molecular formula is C52H57N4O+. The zero-order valence-corrected chi connectivity index (χ0v) is 35.8. The van der Waals surface area contributed by atoms with Crippen molar-refractivity contribution in [1.29, 1.82) is 0 Å². The van der Waals surface area contributed by atoms with Gasteiger partial charge in [-0.05, 0) is 80.3 Å². The Morgan fingerprint density at radius 2 is 1.11 bits per heavy atom. The summed E-state index contributed by atoms with van der Waals surface area (Å²) in [5.41, 5.74) is 12.5. The van der Waals surface area contributed by atoms with Crippen LogP contribution >= 0.6 is 0 Å². The van der Waals surface area contributed by atoms with E-state index in [9.17, 15) is 0 Å². The molecule has 0 spiro atoms. The molecule has 0 N–H and O–H groups in total. The van der Waals surface area contributed by atoms with Crippen molar-refractivity contribution in [3.05, 3.63) is 150 Å². The molecule has 7 aromatic rings. The first-order valence-corrected chi connectivity index (χ1v) is 20.5. The Bertz CT molecular complexity index is 2750. The molecule has 4 heterocycles. The molecule has 0 saturated carbocycles. The monoisotopic (exact) mass is 753 g/mol. The lowest BCUT2D eigenvalue weighted by Gasteiger charge is -2.41. The maximum Gasteiger partial charge on any atom is 0.225 e. The quantitative estimate of drug-likeness (QED) is 0.0994. The summed E-state index contributed by atoms with van der Waals surface area (Å²) < 4.78 is 10.6. The third-order valence-corrected chi connectivity index (χ3v) is 12.3. The summed E-state index contributed by atoms with van der Waals surface area (Å²) in [5.74, 6) is 2.54. The lowest BCUT2D eigenvalue weighted by molar-refractivity contribution is 0.419. The van der Waals surface area contributed by atoms with E-state index in [1.54, 1.807) is 0 Å². The van der Waals surface area contributed by atoms with Crippen LogP contribution in [0.2, 0.25) is 0 Å². The van der Waals surface area contributed by atoms with E-state index < -0.39 is 0 Å². The van der Waals surface area contributed by atoms with Gasteiger partial charge in [0.25, 0.3) is 0 Å². The SMILES string of the molecule is CC(C)(C)c1cc(Oc2ccc3c4ccccc4n(-c4cc(C(C)(C)C)ccn4)c3c2)cc([N+]23[CH-][N@+]2(c2cccc(C(C)(C)C)c2)c2ccc(C(C)(C)C)cc23)c1. The fraction of sp³-hybridized carbons (Fsp3) is 0.308. The number of aromatic nitrogens is 2. The molecule has 9 rings (SSSR count). The molecule has 0 amide bonds. The topological polar surface area (TPSA) is 27.1 Å². The number of nitrogens with zero attached hydrogens (tertiary/aromatic N) is 4. The van der Waals surface area contributed by atoms with E-state index >= 15 is 0 Å². The molecule has 2 atom stereocenters. The minimum atomic E-state index is -0.106. The van der Waals surface area contributed by atoms with Crippen LogP contribution in [0, 0.1) is 6.67 Å². The number of benzene rings is 5. The van der Waals surface area contributed by atoms with Crippen molar-refractivity contribution < 1.29 is 4.74 Å². The molecule has 1 fully saturated rings. The van der Waals surface area contributed by atoms with Crippen LogP contribution in [0.25, 0.3) is 27.6 Å². The molecule has 1 saturated heterocycles. The van der Waals surface area contributed by atoms with Gasteiger partial charge in [-0.25, -0.2) is 4.98 Å². The molecule has 2 aromatic heterocycles. The molecule has 0 aliphatic carbocycles. The van der Waals surface area contributed by atoms with Gasteiger partial charge < -0.3 is 4.74 Å². The number of ether oxygens (including phenoxy) is 1. The van der Waals surface area contributed by atoms with Gasteiger partial charge in [0, 0.05) is 59.4 Å². The molecule has 2 aliphatic heterocycles. The Hall–Kier alpha value is -5.23. The standard InChI is InChI=1S/C52H57N4O/c1-49(2,3)34-16-15-17-38(26-34)55-33-56(55,47-29-35(50(4,5)6)20-23-46(47)55)39-27-37(52(10,11)12)28-41(31-39)57-40-21-22-43-42-18-13-14-19-44(42)54(45(43)32-40)48-30-36(24-25-53-48)51(7,8)9/h13-33H,1-12H3/q+1/t55-,56?/m0/s1. The van der Waals surface area contributed by atoms with Crippen molar-refractivity contribution in [2.24, 2.45) is 0 Å². The first kappa shape index (κ1) is 37.4. The molecule has 290 valence electrons. The third kappa shape index (κ3) is 5.76. The van der Waals surface area contributed by atoms with Crippen LogP contribution in [0.4, 0.5) is 22.7 Å². The Morgan fingerprint density at radius 1 is 0.474 bits per heavy atom. The van der Waals surface area contributed by atoms with Gasteiger partial charge in [0.1, 0.15) is 17.3 Å². The van der Waals surface area contributed by atoms with Crippen LogP contribution in [-0.4, -0.2) is 9.55 Å². The molecule has 2 aliphatic rings. The lowest BCUT2D eigenvalue weighted by atomic mass is 9.85. The fourth-order valence-corrected chi connectivity index (χ4v) is 8.83. The van der Waals surface area contributed by atoms with E-state index in [0.717, 1.165) is 28.4 Å². The Labute approximate surface area is 339 Å². The first-order valence-electron chi connectivity index (χ1n) is 20.5. The summed E-state index contributed by atoms with van der Waals surface area (Å²) in [6.07, 6.45) is 1.93. The van der Waals surface area contributed by atoms with E-state index in [2.05, 4.69) is 210 Å². The highest BCUT2D eigenvalue weighted by molar-refractivity contribution is 6.09. The van der Waals surface area contributed by atoms with Crippen molar-refractivity contribution in [3.63, 3.8) is 0 Å². The molecule has 0 bridgehead atoms. The summed E-state index contributed by atoms with van der Waals surface area (Å²) in [5, 5.41) is 2.37. The number of hydrogen-bond donors (Lipinski definition) is 0. The smallest absolute Gasteiger partial charge is 0.225 e. The highest BCUT2D eigenvalue weighted by Crippen LogP contribution is 2.75. The summed E-state index contributed by atoms with van der Waals surface area (Å²) in [6, 6.07) is 42.8. The third-order valence-electron chi connectivity index (χ3n) is 12.3. The van der Waals surface area contributed by atoms with Crippen LogP contribution in [0.15, 0.2) is 121 Å². The molecule has 0 radical (unpaired) electrons. The average molecular weight is 754 g/mol. The number of quaternary nitrogens is 2. The minimum Gasteiger partial charge on any atom is -0.457 e. The first-order chi connectivity index (χ1) is 26.7. The Morgan fingerprint density at radius 3 is 1.82 bits per heavy atom. The van der Waals surface area contributed by atoms with Crippen LogP contribution in [0.3, 0.4) is 0 Å². The van der Waals surface area contributed by atoms with Gasteiger partial charge in [-0.15, -0.1) is 0 Å².